The third-order valence-electron chi connectivity index (χ3n) is 4.61. The van der Waals surface area contributed by atoms with Crippen LogP contribution >= 0.6 is 0 Å². The Morgan fingerprint density at radius 1 is 0.909 bits per heavy atom. The average molecular weight is 294 g/mol. The van der Waals surface area contributed by atoms with Crippen LogP contribution in [0.5, 0.6) is 5.75 Å². The Balaban J connectivity index is 1.78. The highest BCUT2D eigenvalue weighted by atomic mass is 16.7. The summed E-state index contributed by atoms with van der Waals surface area (Å²) in [6.45, 7) is 5.25. The summed E-state index contributed by atoms with van der Waals surface area (Å²) in [6, 6.07) is 15.1. The van der Waals surface area contributed by atoms with Crippen LogP contribution in [-0.4, -0.2) is 22.7 Å². The Labute approximate surface area is 131 Å². The highest BCUT2D eigenvalue weighted by molar-refractivity contribution is 6.08. The molecule has 1 fully saturated rings. The van der Waals surface area contributed by atoms with E-state index >= 15 is 0 Å². The quantitative estimate of drug-likeness (QED) is 0.702. The van der Waals surface area contributed by atoms with Gasteiger partial charge in [-0.25, -0.2) is 0 Å². The summed E-state index contributed by atoms with van der Waals surface area (Å²) in [4.78, 5) is 6.08. The largest absolute Gasteiger partial charge is 0.406 e. The number of para-hydroxylation sites is 1. The Hall–Kier alpha value is -2.00. The maximum atomic E-state index is 6.08. The van der Waals surface area contributed by atoms with Crippen molar-refractivity contribution < 1.29 is 4.84 Å². The third kappa shape index (κ3) is 2.26. The van der Waals surface area contributed by atoms with Crippen molar-refractivity contribution in [3.8, 4) is 5.75 Å². The predicted octanol–water partition coefficient (Wildman–Crippen LogP) is 4.59. The van der Waals surface area contributed by atoms with Gasteiger partial charge >= 0.3 is 0 Å². The molecule has 0 spiro atoms. The van der Waals surface area contributed by atoms with Gasteiger partial charge in [0, 0.05) is 41.4 Å². The van der Waals surface area contributed by atoms with Crippen molar-refractivity contribution in [2.45, 2.75) is 32.7 Å². The minimum absolute atomic E-state index is 0.952. The zero-order valence-electron chi connectivity index (χ0n) is 13.1. The van der Waals surface area contributed by atoms with Crippen molar-refractivity contribution in [2.24, 2.45) is 0 Å². The fraction of sp³-hybridized carbons (Fsp3) is 0.368. The van der Waals surface area contributed by atoms with E-state index in [4.69, 9.17) is 4.84 Å². The molecule has 22 heavy (non-hydrogen) atoms. The lowest BCUT2D eigenvalue weighted by Gasteiger charge is -2.26. The van der Waals surface area contributed by atoms with E-state index in [2.05, 4.69) is 59.0 Å². The number of hydrogen-bond acceptors (Lipinski definition) is 2. The monoisotopic (exact) mass is 294 g/mol. The van der Waals surface area contributed by atoms with Crippen molar-refractivity contribution in [3.05, 3.63) is 42.5 Å². The minimum Gasteiger partial charge on any atom is -0.406 e. The molecule has 0 bridgehead atoms. The van der Waals surface area contributed by atoms with E-state index in [1.807, 2.05) is 0 Å². The SMILES string of the molecule is CCn1c2ccccc2c2cc(ON3CCCCC3)ccc21. The molecule has 0 atom stereocenters. The topological polar surface area (TPSA) is 17.4 Å². The van der Waals surface area contributed by atoms with Gasteiger partial charge in [-0.3, -0.25) is 0 Å². The van der Waals surface area contributed by atoms with Crippen molar-refractivity contribution in [3.63, 3.8) is 0 Å². The second-order valence-electron chi connectivity index (χ2n) is 6.02. The van der Waals surface area contributed by atoms with E-state index in [1.165, 1.54) is 41.1 Å². The number of fused-ring (bicyclic) bond motifs is 3. The fourth-order valence-electron chi connectivity index (χ4n) is 3.54. The molecule has 3 heteroatoms. The molecule has 0 radical (unpaired) electrons. The Kier molecular flexibility index (Phi) is 3.51. The standard InChI is InChI=1S/C19H22N2O/c1-2-21-18-9-5-4-8-16(18)17-14-15(10-11-19(17)21)22-20-12-6-3-7-13-20/h4-5,8-11,14H,2-3,6-7,12-13H2,1H3. The third-order valence-corrected chi connectivity index (χ3v) is 4.61. The normalized spacial score (nSPS) is 16.4. The molecule has 114 valence electrons. The first-order valence-corrected chi connectivity index (χ1v) is 8.31. The lowest BCUT2D eigenvalue weighted by atomic mass is 10.1. The van der Waals surface area contributed by atoms with Crippen LogP contribution in [0, 0.1) is 0 Å². The second kappa shape index (κ2) is 5.65. The van der Waals surface area contributed by atoms with Crippen LogP contribution in [0.25, 0.3) is 21.8 Å². The zero-order chi connectivity index (χ0) is 14.9. The number of nitrogens with zero attached hydrogens (tertiary/aromatic N) is 2. The van der Waals surface area contributed by atoms with Gasteiger partial charge in [-0.1, -0.05) is 24.6 Å². The maximum absolute atomic E-state index is 6.08. The van der Waals surface area contributed by atoms with Crippen LogP contribution in [0.3, 0.4) is 0 Å². The summed E-state index contributed by atoms with van der Waals surface area (Å²) in [6.07, 6.45) is 3.79. The Bertz CT molecular complexity index is 800. The molecular formula is C19H22N2O. The molecule has 0 unspecified atom stereocenters. The van der Waals surface area contributed by atoms with Crippen molar-refractivity contribution >= 4 is 21.8 Å². The molecule has 2 heterocycles. The number of benzene rings is 2. The number of rotatable bonds is 3. The molecule has 4 rings (SSSR count). The van der Waals surface area contributed by atoms with Gasteiger partial charge in [-0.15, -0.1) is 5.06 Å². The van der Waals surface area contributed by atoms with E-state index in [-0.39, 0.29) is 0 Å². The summed E-state index contributed by atoms with van der Waals surface area (Å²) in [5.41, 5.74) is 2.59. The van der Waals surface area contributed by atoms with Crippen molar-refractivity contribution in [2.75, 3.05) is 13.1 Å². The first-order valence-electron chi connectivity index (χ1n) is 8.31. The van der Waals surface area contributed by atoms with Gasteiger partial charge in [-0.2, -0.15) is 0 Å². The number of piperidine rings is 1. The smallest absolute Gasteiger partial charge is 0.148 e. The van der Waals surface area contributed by atoms with Gasteiger partial charge < -0.3 is 9.40 Å². The highest BCUT2D eigenvalue weighted by Crippen LogP contribution is 2.32. The summed E-state index contributed by atoms with van der Waals surface area (Å²) < 4.78 is 2.37. The van der Waals surface area contributed by atoms with Crippen LogP contribution in [0.4, 0.5) is 0 Å². The molecular weight excluding hydrogens is 272 g/mol. The minimum atomic E-state index is 0.952. The highest BCUT2D eigenvalue weighted by Gasteiger charge is 2.14. The van der Waals surface area contributed by atoms with Crippen molar-refractivity contribution in [1.82, 2.24) is 9.63 Å². The first kappa shape index (κ1) is 13.6. The van der Waals surface area contributed by atoms with Crippen LogP contribution in [0.15, 0.2) is 42.5 Å². The summed E-state index contributed by atoms with van der Waals surface area (Å²) >= 11 is 0. The molecule has 1 saturated heterocycles. The molecule has 0 aliphatic carbocycles. The molecule has 3 nitrogen and oxygen atoms in total. The van der Waals surface area contributed by atoms with Crippen LogP contribution in [-0.2, 0) is 6.54 Å². The summed E-state index contributed by atoms with van der Waals surface area (Å²) in [7, 11) is 0. The van der Waals surface area contributed by atoms with Gasteiger partial charge in [0.2, 0.25) is 0 Å². The van der Waals surface area contributed by atoms with E-state index in [9.17, 15) is 0 Å². The molecule has 2 aromatic carbocycles. The van der Waals surface area contributed by atoms with Gasteiger partial charge in [0.05, 0.1) is 0 Å². The summed E-state index contributed by atoms with van der Waals surface area (Å²) in [5, 5.41) is 4.69. The van der Waals surface area contributed by atoms with Crippen molar-refractivity contribution in [1.29, 1.82) is 0 Å². The van der Waals surface area contributed by atoms with E-state index in [1.54, 1.807) is 0 Å². The number of aromatic nitrogens is 1. The molecule has 0 N–H and O–H groups in total. The Morgan fingerprint density at radius 2 is 1.68 bits per heavy atom. The van der Waals surface area contributed by atoms with E-state index in [0.29, 0.717) is 0 Å². The van der Waals surface area contributed by atoms with E-state index in [0.717, 1.165) is 25.4 Å². The second-order valence-corrected chi connectivity index (χ2v) is 6.02. The molecule has 1 aromatic heterocycles. The lowest BCUT2D eigenvalue weighted by Crippen LogP contribution is -2.32. The number of aryl methyl sites for hydroxylation is 1. The molecule has 0 saturated carbocycles. The summed E-state index contributed by atoms with van der Waals surface area (Å²) in [5.74, 6) is 0.952. The van der Waals surface area contributed by atoms with Gasteiger partial charge in [0.25, 0.3) is 0 Å². The Morgan fingerprint density at radius 3 is 2.50 bits per heavy atom. The lowest BCUT2D eigenvalue weighted by molar-refractivity contribution is -0.0718. The molecule has 1 aliphatic heterocycles. The molecule has 0 amide bonds. The molecule has 1 aliphatic rings. The van der Waals surface area contributed by atoms with Crippen LogP contribution in [0.2, 0.25) is 0 Å². The number of hydroxylamine groups is 2. The predicted molar refractivity (Wildman–Crippen MR) is 91.2 cm³/mol. The van der Waals surface area contributed by atoms with E-state index < -0.39 is 0 Å². The van der Waals surface area contributed by atoms with Gasteiger partial charge in [0.1, 0.15) is 5.75 Å². The van der Waals surface area contributed by atoms with Gasteiger partial charge in [-0.05, 0) is 44.0 Å². The van der Waals surface area contributed by atoms with Gasteiger partial charge in [0.15, 0.2) is 0 Å². The first-order chi connectivity index (χ1) is 10.9. The molecule has 3 aromatic rings. The van der Waals surface area contributed by atoms with Crippen LogP contribution in [0.1, 0.15) is 26.2 Å². The average Bonchev–Trinajstić information content (AvgIpc) is 2.89. The van der Waals surface area contributed by atoms with Crippen LogP contribution < -0.4 is 4.84 Å². The zero-order valence-corrected chi connectivity index (χ0v) is 13.1. The maximum Gasteiger partial charge on any atom is 0.148 e. The fourth-order valence-corrected chi connectivity index (χ4v) is 3.54. The number of hydrogen-bond donors (Lipinski definition) is 0.